The van der Waals surface area contributed by atoms with E-state index in [1.54, 1.807) is 23.9 Å². The first-order valence-corrected chi connectivity index (χ1v) is 8.15. The second-order valence-electron chi connectivity index (χ2n) is 5.53. The fraction of sp³-hybridized carbons (Fsp3) is 0.333. The zero-order valence-corrected chi connectivity index (χ0v) is 13.0. The Kier molecular flexibility index (Phi) is 3.34. The van der Waals surface area contributed by atoms with Gasteiger partial charge in [-0.15, -0.1) is 21.5 Å². The van der Waals surface area contributed by atoms with Gasteiger partial charge in [0.25, 0.3) is 0 Å². The van der Waals surface area contributed by atoms with E-state index in [0.29, 0.717) is 6.54 Å². The molecule has 1 N–H and O–H groups in total. The van der Waals surface area contributed by atoms with Crippen molar-refractivity contribution in [1.29, 1.82) is 0 Å². The SMILES string of the molecule is Cn1cnnc1-c1cncc(NCc2csc(C3CC3)n2)c1. The first-order chi connectivity index (χ1) is 10.8. The van der Waals surface area contributed by atoms with Crippen molar-refractivity contribution in [2.75, 3.05) is 5.32 Å². The molecule has 4 rings (SSSR count). The van der Waals surface area contributed by atoms with E-state index in [9.17, 15) is 0 Å². The summed E-state index contributed by atoms with van der Waals surface area (Å²) in [4.78, 5) is 8.96. The Hall–Kier alpha value is -2.28. The van der Waals surface area contributed by atoms with Gasteiger partial charge < -0.3 is 9.88 Å². The highest BCUT2D eigenvalue weighted by Crippen LogP contribution is 2.41. The van der Waals surface area contributed by atoms with E-state index in [0.717, 1.165) is 28.7 Å². The summed E-state index contributed by atoms with van der Waals surface area (Å²) in [6, 6.07) is 2.03. The van der Waals surface area contributed by atoms with E-state index in [1.807, 2.05) is 23.9 Å². The highest BCUT2D eigenvalue weighted by molar-refractivity contribution is 7.09. The lowest BCUT2D eigenvalue weighted by molar-refractivity contribution is 0.918. The molecule has 0 unspecified atom stereocenters. The average Bonchev–Trinajstić information content (AvgIpc) is 3.12. The molecule has 0 amide bonds. The number of anilines is 1. The van der Waals surface area contributed by atoms with Gasteiger partial charge in [-0.25, -0.2) is 4.98 Å². The number of hydrogen-bond donors (Lipinski definition) is 1. The highest BCUT2D eigenvalue weighted by atomic mass is 32.1. The molecule has 22 heavy (non-hydrogen) atoms. The van der Waals surface area contributed by atoms with Crippen LogP contribution in [-0.4, -0.2) is 24.7 Å². The average molecular weight is 312 g/mol. The summed E-state index contributed by atoms with van der Waals surface area (Å²) < 4.78 is 1.88. The summed E-state index contributed by atoms with van der Waals surface area (Å²) in [5, 5.41) is 14.8. The maximum absolute atomic E-state index is 4.68. The van der Waals surface area contributed by atoms with Crippen molar-refractivity contribution in [3.05, 3.63) is 40.9 Å². The number of aromatic nitrogens is 5. The van der Waals surface area contributed by atoms with E-state index < -0.39 is 0 Å². The van der Waals surface area contributed by atoms with Gasteiger partial charge in [0.2, 0.25) is 0 Å². The highest BCUT2D eigenvalue weighted by Gasteiger charge is 2.26. The van der Waals surface area contributed by atoms with Gasteiger partial charge in [0.15, 0.2) is 5.82 Å². The van der Waals surface area contributed by atoms with Gasteiger partial charge in [-0.2, -0.15) is 0 Å². The summed E-state index contributed by atoms with van der Waals surface area (Å²) in [5.41, 5.74) is 3.00. The molecule has 0 saturated heterocycles. The quantitative estimate of drug-likeness (QED) is 0.784. The number of thiazole rings is 1. The number of nitrogens with one attached hydrogen (secondary N) is 1. The van der Waals surface area contributed by atoms with Crippen molar-refractivity contribution < 1.29 is 0 Å². The molecule has 0 aliphatic heterocycles. The minimum Gasteiger partial charge on any atom is -0.378 e. The van der Waals surface area contributed by atoms with Crippen LogP contribution in [0.25, 0.3) is 11.4 Å². The molecular formula is C15H16N6S. The summed E-state index contributed by atoms with van der Waals surface area (Å²) in [7, 11) is 1.92. The van der Waals surface area contributed by atoms with Crippen LogP contribution in [0, 0.1) is 0 Å². The molecule has 3 aromatic heterocycles. The van der Waals surface area contributed by atoms with Crippen molar-refractivity contribution in [2.45, 2.75) is 25.3 Å². The van der Waals surface area contributed by atoms with Crippen LogP contribution in [0.15, 0.2) is 30.2 Å². The predicted molar refractivity (Wildman–Crippen MR) is 85.6 cm³/mol. The molecule has 0 bridgehead atoms. The molecule has 1 fully saturated rings. The first kappa shape index (κ1) is 13.4. The molecule has 1 aliphatic carbocycles. The van der Waals surface area contributed by atoms with E-state index in [-0.39, 0.29) is 0 Å². The van der Waals surface area contributed by atoms with Crippen LogP contribution in [0.3, 0.4) is 0 Å². The zero-order valence-electron chi connectivity index (χ0n) is 12.2. The molecule has 7 heteroatoms. The molecule has 0 atom stereocenters. The minimum absolute atomic E-state index is 0.715. The Balaban J connectivity index is 1.47. The third-order valence-corrected chi connectivity index (χ3v) is 4.73. The van der Waals surface area contributed by atoms with Gasteiger partial charge in [0.1, 0.15) is 6.33 Å². The van der Waals surface area contributed by atoms with E-state index >= 15 is 0 Å². The fourth-order valence-corrected chi connectivity index (χ4v) is 3.31. The van der Waals surface area contributed by atoms with Crippen LogP contribution in [0.5, 0.6) is 0 Å². The third kappa shape index (κ3) is 2.71. The summed E-state index contributed by atoms with van der Waals surface area (Å²) in [5.74, 6) is 1.53. The molecule has 112 valence electrons. The van der Waals surface area contributed by atoms with Gasteiger partial charge in [-0.3, -0.25) is 4.98 Å². The number of nitrogens with zero attached hydrogens (tertiary/aromatic N) is 5. The molecule has 3 heterocycles. The van der Waals surface area contributed by atoms with Crippen LogP contribution < -0.4 is 5.32 Å². The molecule has 6 nitrogen and oxygen atoms in total. The van der Waals surface area contributed by atoms with Gasteiger partial charge in [-0.1, -0.05) is 0 Å². The van der Waals surface area contributed by atoms with Gasteiger partial charge in [-0.05, 0) is 18.9 Å². The minimum atomic E-state index is 0.715. The molecule has 3 aromatic rings. The zero-order chi connectivity index (χ0) is 14.9. The van der Waals surface area contributed by atoms with Crippen molar-refractivity contribution in [3.8, 4) is 11.4 Å². The van der Waals surface area contributed by atoms with E-state index in [4.69, 9.17) is 0 Å². The third-order valence-electron chi connectivity index (χ3n) is 3.68. The number of rotatable bonds is 5. The lowest BCUT2D eigenvalue weighted by Gasteiger charge is -2.06. The Bertz CT molecular complexity index is 789. The van der Waals surface area contributed by atoms with Crippen molar-refractivity contribution in [2.24, 2.45) is 7.05 Å². The number of hydrogen-bond acceptors (Lipinski definition) is 6. The standard InChI is InChI=1S/C15H16N6S/c1-21-9-18-20-14(21)11-4-12(6-16-5-11)17-7-13-8-22-15(19-13)10-2-3-10/h4-6,8-10,17H,2-3,7H2,1H3. The Labute approximate surface area is 132 Å². The normalized spacial score (nSPS) is 14.2. The predicted octanol–water partition coefficient (Wildman–Crippen LogP) is 2.82. The maximum atomic E-state index is 4.68. The molecule has 0 spiro atoms. The van der Waals surface area contributed by atoms with Crippen LogP contribution in [0.1, 0.15) is 29.5 Å². The Morgan fingerprint density at radius 1 is 1.36 bits per heavy atom. The van der Waals surface area contributed by atoms with Crippen LogP contribution >= 0.6 is 11.3 Å². The smallest absolute Gasteiger partial charge is 0.165 e. The molecule has 0 aromatic carbocycles. The fourth-order valence-electron chi connectivity index (χ4n) is 2.32. The van der Waals surface area contributed by atoms with E-state index in [1.165, 1.54) is 17.8 Å². The topological polar surface area (TPSA) is 68.5 Å². The van der Waals surface area contributed by atoms with Crippen molar-refractivity contribution in [1.82, 2.24) is 24.7 Å². The van der Waals surface area contributed by atoms with Crippen LogP contribution in [-0.2, 0) is 13.6 Å². The molecule has 1 saturated carbocycles. The van der Waals surface area contributed by atoms with Crippen LogP contribution in [0.2, 0.25) is 0 Å². The van der Waals surface area contributed by atoms with Crippen molar-refractivity contribution in [3.63, 3.8) is 0 Å². The summed E-state index contributed by atoms with van der Waals surface area (Å²) >= 11 is 1.77. The largest absolute Gasteiger partial charge is 0.378 e. The monoisotopic (exact) mass is 312 g/mol. The first-order valence-electron chi connectivity index (χ1n) is 7.27. The summed E-state index contributed by atoms with van der Waals surface area (Å²) in [6.07, 6.45) is 7.88. The lowest BCUT2D eigenvalue weighted by Crippen LogP contribution is -2.01. The summed E-state index contributed by atoms with van der Waals surface area (Å²) in [6.45, 7) is 0.715. The number of aryl methyl sites for hydroxylation is 1. The van der Waals surface area contributed by atoms with Gasteiger partial charge in [0.05, 0.1) is 22.9 Å². The van der Waals surface area contributed by atoms with Gasteiger partial charge in [0, 0.05) is 36.3 Å². The van der Waals surface area contributed by atoms with Gasteiger partial charge >= 0.3 is 0 Å². The molecule has 1 aliphatic rings. The van der Waals surface area contributed by atoms with Crippen molar-refractivity contribution >= 4 is 17.0 Å². The number of pyridine rings is 1. The Morgan fingerprint density at radius 2 is 2.27 bits per heavy atom. The maximum Gasteiger partial charge on any atom is 0.165 e. The molecular weight excluding hydrogens is 296 g/mol. The molecule has 0 radical (unpaired) electrons. The lowest BCUT2D eigenvalue weighted by atomic mass is 10.2. The second kappa shape index (κ2) is 5.49. The van der Waals surface area contributed by atoms with E-state index in [2.05, 4.69) is 30.9 Å². The Morgan fingerprint density at radius 3 is 3.05 bits per heavy atom. The van der Waals surface area contributed by atoms with Crippen LogP contribution in [0.4, 0.5) is 5.69 Å². The second-order valence-corrected chi connectivity index (χ2v) is 6.42.